The highest BCUT2D eigenvalue weighted by molar-refractivity contribution is 5.86. The predicted molar refractivity (Wildman–Crippen MR) is 75.1 cm³/mol. The molecule has 0 aromatic heterocycles. The number of rotatable bonds is 7. The van der Waals surface area contributed by atoms with Crippen LogP contribution < -0.4 is 5.32 Å². The molecule has 1 atom stereocenters. The van der Waals surface area contributed by atoms with Gasteiger partial charge < -0.3 is 15.2 Å². The van der Waals surface area contributed by atoms with Crippen LogP contribution >= 0.6 is 0 Å². The van der Waals surface area contributed by atoms with Crippen LogP contribution in [0.15, 0.2) is 30.3 Å². The molecule has 0 fully saturated rings. The SMILES string of the molecule is C[C@H](NC(=O)C(C)(C)COCc1ccccc1)C(=O)O. The van der Waals surface area contributed by atoms with Crippen molar-refractivity contribution < 1.29 is 19.4 Å². The lowest BCUT2D eigenvalue weighted by molar-refractivity contribution is -0.144. The van der Waals surface area contributed by atoms with Gasteiger partial charge in [0.1, 0.15) is 6.04 Å². The molecule has 1 aromatic rings. The zero-order chi connectivity index (χ0) is 15.2. The van der Waals surface area contributed by atoms with Crippen LogP contribution in [-0.4, -0.2) is 29.6 Å². The summed E-state index contributed by atoms with van der Waals surface area (Å²) in [6.07, 6.45) is 0. The highest BCUT2D eigenvalue weighted by Gasteiger charge is 2.30. The van der Waals surface area contributed by atoms with Crippen LogP contribution in [0.2, 0.25) is 0 Å². The Hall–Kier alpha value is -1.88. The lowest BCUT2D eigenvalue weighted by Gasteiger charge is -2.24. The maximum Gasteiger partial charge on any atom is 0.325 e. The molecular weight excluding hydrogens is 258 g/mol. The zero-order valence-corrected chi connectivity index (χ0v) is 12.1. The van der Waals surface area contributed by atoms with Gasteiger partial charge in [-0.25, -0.2) is 0 Å². The first-order valence-corrected chi connectivity index (χ1v) is 6.48. The van der Waals surface area contributed by atoms with Crippen LogP contribution in [0.5, 0.6) is 0 Å². The normalized spacial score (nSPS) is 12.8. The molecule has 5 nitrogen and oxygen atoms in total. The van der Waals surface area contributed by atoms with Crippen LogP contribution in [0.3, 0.4) is 0 Å². The molecule has 5 heteroatoms. The molecule has 0 spiro atoms. The molecule has 0 saturated heterocycles. The molecule has 1 amide bonds. The molecule has 0 saturated carbocycles. The van der Waals surface area contributed by atoms with E-state index >= 15 is 0 Å². The van der Waals surface area contributed by atoms with Crippen LogP contribution in [0.4, 0.5) is 0 Å². The van der Waals surface area contributed by atoms with Gasteiger partial charge >= 0.3 is 5.97 Å². The van der Waals surface area contributed by atoms with Gasteiger partial charge in [0.25, 0.3) is 0 Å². The fourth-order valence-electron chi connectivity index (χ4n) is 1.52. The maximum atomic E-state index is 12.0. The van der Waals surface area contributed by atoms with Crippen LogP contribution in [0.1, 0.15) is 26.3 Å². The molecule has 0 unspecified atom stereocenters. The Labute approximate surface area is 118 Å². The van der Waals surface area contributed by atoms with Gasteiger partial charge in [0.2, 0.25) is 5.91 Å². The van der Waals surface area contributed by atoms with Crippen molar-refractivity contribution in [2.24, 2.45) is 5.41 Å². The Balaban J connectivity index is 2.44. The second-order valence-corrected chi connectivity index (χ2v) is 5.40. The molecule has 0 aliphatic rings. The average molecular weight is 279 g/mol. The van der Waals surface area contributed by atoms with Crippen LogP contribution in [-0.2, 0) is 20.9 Å². The van der Waals surface area contributed by atoms with Crippen molar-refractivity contribution in [2.75, 3.05) is 6.61 Å². The number of hydrogen-bond acceptors (Lipinski definition) is 3. The summed E-state index contributed by atoms with van der Waals surface area (Å²) in [5.74, 6) is -1.39. The first-order valence-electron chi connectivity index (χ1n) is 6.48. The summed E-state index contributed by atoms with van der Waals surface area (Å²) in [6.45, 7) is 5.52. The smallest absolute Gasteiger partial charge is 0.325 e. The number of aliphatic carboxylic acids is 1. The number of nitrogens with one attached hydrogen (secondary N) is 1. The first kappa shape index (κ1) is 16.2. The van der Waals surface area contributed by atoms with E-state index in [1.54, 1.807) is 13.8 Å². The Bertz CT molecular complexity index is 456. The van der Waals surface area contributed by atoms with Gasteiger partial charge in [-0.15, -0.1) is 0 Å². The summed E-state index contributed by atoms with van der Waals surface area (Å²) >= 11 is 0. The van der Waals surface area contributed by atoms with E-state index in [1.165, 1.54) is 6.92 Å². The number of hydrogen-bond donors (Lipinski definition) is 2. The summed E-state index contributed by atoms with van der Waals surface area (Å²) < 4.78 is 5.54. The van der Waals surface area contributed by atoms with Crippen molar-refractivity contribution in [3.63, 3.8) is 0 Å². The second-order valence-electron chi connectivity index (χ2n) is 5.40. The van der Waals surface area contributed by atoms with Crippen molar-refractivity contribution in [1.29, 1.82) is 0 Å². The molecule has 0 heterocycles. The second kappa shape index (κ2) is 7.05. The van der Waals surface area contributed by atoms with Crippen LogP contribution in [0, 0.1) is 5.41 Å². The zero-order valence-electron chi connectivity index (χ0n) is 12.1. The Morgan fingerprint density at radius 2 is 1.90 bits per heavy atom. The minimum atomic E-state index is -1.06. The molecule has 110 valence electrons. The summed E-state index contributed by atoms with van der Waals surface area (Å²) in [4.78, 5) is 22.7. The summed E-state index contributed by atoms with van der Waals surface area (Å²) in [5, 5.41) is 11.2. The summed E-state index contributed by atoms with van der Waals surface area (Å²) in [6, 6.07) is 8.75. The van der Waals surface area contributed by atoms with Gasteiger partial charge in [-0.05, 0) is 26.3 Å². The molecule has 0 aliphatic heterocycles. The molecule has 2 N–H and O–H groups in total. The molecular formula is C15H21NO4. The molecule has 0 bridgehead atoms. The van der Waals surface area contributed by atoms with Crippen molar-refractivity contribution in [2.45, 2.75) is 33.4 Å². The van der Waals surface area contributed by atoms with Crippen molar-refractivity contribution in [3.05, 3.63) is 35.9 Å². The number of carbonyl (C=O) groups is 2. The molecule has 1 rings (SSSR count). The van der Waals surface area contributed by atoms with Gasteiger partial charge in [-0.3, -0.25) is 9.59 Å². The highest BCUT2D eigenvalue weighted by Crippen LogP contribution is 2.17. The molecule has 20 heavy (non-hydrogen) atoms. The lowest BCUT2D eigenvalue weighted by Crippen LogP contribution is -2.46. The highest BCUT2D eigenvalue weighted by atomic mass is 16.5. The van der Waals surface area contributed by atoms with Gasteiger partial charge in [-0.1, -0.05) is 30.3 Å². The monoisotopic (exact) mass is 279 g/mol. The summed E-state index contributed by atoms with van der Waals surface area (Å²) in [7, 11) is 0. The van der Waals surface area contributed by atoms with Gasteiger partial charge in [0.15, 0.2) is 0 Å². The van der Waals surface area contributed by atoms with E-state index in [1.807, 2.05) is 30.3 Å². The number of benzene rings is 1. The predicted octanol–water partition coefficient (Wildman–Crippen LogP) is 1.82. The number of ether oxygens (including phenoxy) is 1. The number of amides is 1. The quantitative estimate of drug-likeness (QED) is 0.798. The van der Waals surface area contributed by atoms with E-state index < -0.39 is 17.4 Å². The lowest BCUT2D eigenvalue weighted by atomic mass is 9.93. The average Bonchev–Trinajstić information content (AvgIpc) is 2.39. The van der Waals surface area contributed by atoms with Crippen molar-refractivity contribution in [1.82, 2.24) is 5.32 Å². The molecule has 0 aliphatic carbocycles. The summed E-state index contributed by atoms with van der Waals surface area (Å²) in [5.41, 5.74) is 0.251. The van der Waals surface area contributed by atoms with E-state index in [9.17, 15) is 9.59 Å². The third kappa shape index (κ3) is 5.01. The Kier molecular flexibility index (Phi) is 5.70. The number of carbonyl (C=O) groups excluding carboxylic acids is 1. The minimum Gasteiger partial charge on any atom is -0.480 e. The van der Waals surface area contributed by atoms with Gasteiger partial charge in [0.05, 0.1) is 18.6 Å². The van der Waals surface area contributed by atoms with Crippen LogP contribution in [0.25, 0.3) is 0 Å². The first-order chi connectivity index (χ1) is 9.33. The maximum absolute atomic E-state index is 12.0. The molecule has 1 aromatic carbocycles. The van der Waals surface area contributed by atoms with E-state index in [4.69, 9.17) is 9.84 Å². The number of carboxylic acid groups (broad SMARTS) is 1. The van der Waals surface area contributed by atoms with Gasteiger partial charge in [0, 0.05) is 0 Å². The third-order valence-electron chi connectivity index (χ3n) is 2.91. The number of carboxylic acids is 1. The topological polar surface area (TPSA) is 75.6 Å². The molecule has 0 radical (unpaired) electrons. The van der Waals surface area contributed by atoms with Gasteiger partial charge in [-0.2, -0.15) is 0 Å². The fourth-order valence-corrected chi connectivity index (χ4v) is 1.52. The largest absolute Gasteiger partial charge is 0.480 e. The third-order valence-corrected chi connectivity index (χ3v) is 2.91. The van der Waals surface area contributed by atoms with E-state index in [0.29, 0.717) is 6.61 Å². The van der Waals surface area contributed by atoms with Crippen molar-refractivity contribution >= 4 is 11.9 Å². The van der Waals surface area contributed by atoms with E-state index in [2.05, 4.69) is 5.32 Å². The van der Waals surface area contributed by atoms with E-state index in [0.717, 1.165) is 5.56 Å². The Morgan fingerprint density at radius 3 is 2.45 bits per heavy atom. The fraction of sp³-hybridized carbons (Fsp3) is 0.467. The van der Waals surface area contributed by atoms with E-state index in [-0.39, 0.29) is 12.5 Å². The van der Waals surface area contributed by atoms with Crippen molar-refractivity contribution in [3.8, 4) is 0 Å². The Morgan fingerprint density at radius 1 is 1.30 bits per heavy atom. The standard InChI is InChI=1S/C15H21NO4/c1-11(13(17)18)16-14(19)15(2,3)10-20-9-12-7-5-4-6-8-12/h4-8,11H,9-10H2,1-3H3,(H,16,19)(H,17,18)/t11-/m0/s1. The minimum absolute atomic E-state index is 0.222.